The Morgan fingerprint density at radius 2 is 2.18 bits per heavy atom. The molecule has 4 heteroatoms. The van der Waals surface area contributed by atoms with Crippen LogP contribution in [-0.4, -0.2) is 38.5 Å². The van der Waals surface area contributed by atoms with Gasteiger partial charge in [-0.3, -0.25) is 4.98 Å². The van der Waals surface area contributed by atoms with Crippen LogP contribution in [0.2, 0.25) is 0 Å². The highest BCUT2D eigenvalue weighted by Crippen LogP contribution is 2.03. The summed E-state index contributed by atoms with van der Waals surface area (Å²) in [7, 11) is 1.68. The number of aromatic nitrogens is 1. The van der Waals surface area contributed by atoms with Crippen molar-refractivity contribution in [3.05, 3.63) is 29.6 Å². The summed E-state index contributed by atoms with van der Waals surface area (Å²) < 4.78 is 10.3. The van der Waals surface area contributed by atoms with Gasteiger partial charge in [-0.1, -0.05) is 0 Å². The first kappa shape index (κ1) is 14.1. The third-order valence-electron chi connectivity index (χ3n) is 2.53. The molecule has 0 bridgehead atoms. The van der Waals surface area contributed by atoms with Crippen LogP contribution in [-0.2, 0) is 16.0 Å². The highest BCUT2D eigenvalue weighted by molar-refractivity contribution is 5.20. The Morgan fingerprint density at radius 3 is 2.94 bits per heavy atom. The van der Waals surface area contributed by atoms with Gasteiger partial charge in [-0.25, -0.2) is 0 Å². The van der Waals surface area contributed by atoms with Gasteiger partial charge in [0.25, 0.3) is 0 Å². The van der Waals surface area contributed by atoms with Crippen LogP contribution in [0.4, 0.5) is 0 Å². The Balaban J connectivity index is 1.99. The number of ether oxygens (including phenoxy) is 2. The lowest BCUT2D eigenvalue weighted by molar-refractivity contribution is 0.0695. The van der Waals surface area contributed by atoms with Crippen molar-refractivity contribution in [2.75, 3.05) is 33.5 Å². The number of aryl methyl sites for hydroxylation is 1. The molecule has 0 radical (unpaired) electrons. The van der Waals surface area contributed by atoms with Crippen LogP contribution >= 0.6 is 0 Å². The molecule has 1 rings (SSSR count). The average Bonchev–Trinajstić information content (AvgIpc) is 2.35. The number of rotatable bonds is 9. The van der Waals surface area contributed by atoms with Crippen molar-refractivity contribution in [2.45, 2.75) is 19.9 Å². The maximum atomic E-state index is 5.38. The van der Waals surface area contributed by atoms with Crippen molar-refractivity contribution in [2.24, 2.45) is 0 Å². The van der Waals surface area contributed by atoms with E-state index in [2.05, 4.69) is 23.3 Å². The molecule has 0 aliphatic carbocycles. The predicted molar refractivity (Wildman–Crippen MR) is 68.0 cm³/mol. The molecule has 1 N–H and O–H groups in total. The second kappa shape index (κ2) is 9.10. The number of pyridine rings is 1. The monoisotopic (exact) mass is 238 g/mol. The van der Waals surface area contributed by atoms with Gasteiger partial charge in [0.2, 0.25) is 0 Å². The second-order valence-corrected chi connectivity index (χ2v) is 3.94. The summed E-state index contributed by atoms with van der Waals surface area (Å²) in [4.78, 5) is 4.07. The molecule has 0 spiro atoms. The third kappa shape index (κ3) is 6.36. The van der Waals surface area contributed by atoms with E-state index < -0.39 is 0 Å². The molecule has 0 saturated carbocycles. The lowest BCUT2D eigenvalue weighted by atomic mass is 10.1. The number of nitrogens with one attached hydrogen (secondary N) is 1. The van der Waals surface area contributed by atoms with Crippen LogP contribution in [0.5, 0.6) is 0 Å². The number of hydrogen-bond donors (Lipinski definition) is 1. The van der Waals surface area contributed by atoms with Crippen molar-refractivity contribution in [1.82, 2.24) is 10.3 Å². The lowest BCUT2D eigenvalue weighted by Crippen LogP contribution is -2.17. The number of nitrogens with zero attached hydrogens (tertiary/aromatic N) is 1. The average molecular weight is 238 g/mol. The third-order valence-corrected chi connectivity index (χ3v) is 2.53. The Bertz CT molecular complexity index is 305. The molecule has 1 aromatic rings. The van der Waals surface area contributed by atoms with Crippen molar-refractivity contribution >= 4 is 0 Å². The van der Waals surface area contributed by atoms with Gasteiger partial charge in [0.05, 0.1) is 13.2 Å². The zero-order valence-electron chi connectivity index (χ0n) is 10.7. The predicted octanol–water partition coefficient (Wildman–Crippen LogP) is 1.53. The minimum atomic E-state index is 0.670. The largest absolute Gasteiger partial charge is 0.382 e. The molecule has 96 valence electrons. The van der Waals surface area contributed by atoms with E-state index in [0.717, 1.165) is 26.1 Å². The van der Waals surface area contributed by atoms with Crippen LogP contribution in [0.1, 0.15) is 17.5 Å². The van der Waals surface area contributed by atoms with Gasteiger partial charge in [-0.2, -0.15) is 0 Å². The first-order chi connectivity index (χ1) is 8.34. The van der Waals surface area contributed by atoms with Crippen molar-refractivity contribution in [3.8, 4) is 0 Å². The van der Waals surface area contributed by atoms with Gasteiger partial charge >= 0.3 is 0 Å². The highest BCUT2D eigenvalue weighted by Gasteiger charge is 1.96. The minimum absolute atomic E-state index is 0.670. The van der Waals surface area contributed by atoms with Crippen LogP contribution < -0.4 is 5.32 Å². The molecule has 0 unspecified atom stereocenters. The summed E-state index contributed by atoms with van der Waals surface area (Å²) in [6, 6.07) is 2.05. The summed E-state index contributed by atoms with van der Waals surface area (Å²) in [5, 5.41) is 3.39. The maximum Gasteiger partial charge on any atom is 0.0700 e. The molecule has 0 saturated heterocycles. The summed E-state index contributed by atoms with van der Waals surface area (Å²) >= 11 is 0. The zero-order chi connectivity index (χ0) is 12.3. The van der Waals surface area contributed by atoms with E-state index >= 15 is 0 Å². The van der Waals surface area contributed by atoms with Crippen molar-refractivity contribution in [3.63, 3.8) is 0 Å². The summed E-state index contributed by atoms with van der Waals surface area (Å²) in [6.45, 7) is 6.08. The fraction of sp³-hybridized carbons (Fsp3) is 0.615. The van der Waals surface area contributed by atoms with Crippen LogP contribution in [0, 0.1) is 6.92 Å². The molecular formula is C13H22N2O2. The maximum absolute atomic E-state index is 5.38. The summed E-state index contributed by atoms with van der Waals surface area (Å²) in [5.74, 6) is 0. The zero-order valence-corrected chi connectivity index (χ0v) is 10.7. The standard InChI is InChI=1S/C13H22N2O2/c1-12-10-15-6-4-13(12)11-14-5-3-7-17-9-8-16-2/h4,6,10,14H,3,5,7-9,11H2,1-2H3. The van der Waals surface area contributed by atoms with Crippen LogP contribution in [0.15, 0.2) is 18.5 Å². The number of hydrogen-bond acceptors (Lipinski definition) is 4. The molecule has 17 heavy (non-hydrogen) atoms. The Kier molecular flexibility index (Phi) is 7.54. The molecule has 0 atom stereocenters. The van der Waals surface area contributed by atoms with E-state index in [-0.39, 0.29) is 0 Å². The SMILES string of the molecule is COCCOCCCNCc1ccncc1C. The molecule has 0 aliphatic heterocycles. The van der Waals surface area contributed by atoms with E-state index in [1.807, 2.05) is 12.4 Å². The lowest BCUT2D eigenvalue weighted by Gasteiger charge is -2.07. The van der Waals surface area contributed by atoms with Gasteiger partial charge in [0.15, 0.2) is 0 Å². The van der Waals surface area contributed by atoms with Crippen molar-refractivity contribution < 1.29 is 9.47 Å². The van der Waals surface area contributed by atoms with Crippen LogP contribution in [0.25, 0.3) is 0 Å². The Hall–Kier alpha value is -0.970. The molecular weight excluding hydrogens is 216 g/mol. The molecule has 0 aromatic carbocycles. The first-order valence-electron chi connectivity index (χ1n) is 6.01. The molecule has 0 fully saturated rings. The topological polar surface area (TPSA) is 43.4 Å². The second-order valence-electron chi connectivity index (χ2n) is 3.94. The van der Waals surface area contributed by atoms with E-state index in [1.54, 1.807) is 7.11 Å². The highest BCUT2D eigenvalue weighted by atomic mass is 16.5. The van der Waals surface area contributed by atoms with Gasteiger partial charge in [0, 0.05) is 32.7 Å². The van der Waals surface area contributed by atoms with E-state index in [0.29, 0.717) is 13.2 Å². The molecule has 1 heterocycles. The Labute approximate surface area is 103 Å². The van der Waals surface area contributed by atoms with E-state index in [1.165, 1.54) is 11.1 Å². The smallest absolute Gasteiger partial charge is 0.0700 e. The summed E-state index contributed by atoms with van der Waals surface area (Å²) in [5.41, 5.74) is 2.54. The van der Waals surface area contributed by atoms with Gasteiger partial charge in [-0.05, 0) is 37.1 Å². The van der Waals surface area contributed by atoms with E-state index in [4.69, 9.17) is 9.47 Å². The first-order valence-corrected chi connectivity index (χ1v) is 6.01. The van der Waals surface area contributed by atoms with Gasteiger partial charge in [0.1, 0.15) is 0 Å². The quantitative estimate of drug-likeness (QED) is 0.663. The van der Waals surface area contributed by atoms with Crippen LogP contribution in [0.3, 0.4) is 0 Å². The fourth-order valence-corrected chi connectivity index (χ4v) is 1.47. The van der Waals surface area contributed by atoms with Gasteiger partial charge < -0.3 is 14.8 Å². The van der Waals surface area contributed by atoms with E-state index in [9.17, 15) is 0 Å². The van der Waals surface area contributed by atoms with Gasteiger partial charge in [-0.15, -0.1) is 0 Å². The fourth-order valence-electron chi connectivity index (χ4n) is 1.47. The molecule has 1 aromatic heterocycles. The summed E-state index contributed by atoms with van der Waals surface area (Å²) in [6.07, 6.45) is 4.75. The minimum Gasteiger partial charge on any atom is -0.382 e. The molecule has 4 nitrogen and oxygen atoms in total. The Morgan fingerprint density at radius 1 is 1.29 bits per heavy atom. The van der Waals surface area contributed by atoms with Crippen molar-refractivity contribution in [1.29, 1.82) is 0 Å². The normalized spacial score (nSPS) is 10.7. The number of methoxy groups -OCH3 is 1. The molecule has 0 aliphatic rings. The molecule has 0 amide bonds.